The molecule has 0 unspecified atom stereocenters. The first-order valence-corrected chi connectivity index (χ1v) is 15.7. The second-order valence-corrected chi connectivity index (χ2v) is 14.1. The number of hydrogen-bond acceptors (Lipinski definition) is 5. The van der Waals surface area contributed by atoms with Crippen LogP contribution in [0.4, 0.5) is 92.2 Å². The van der Waals surface area contributed by atoms with Crippen molar-refractivity contribution in [3.63, 3.8) is 0 Å². The third kappa shape index (κ3) is 6.03. The van der Waals surface area contributed by atoms with Crippen LogP contribution in [0, 0.1) is 34.9 Å². The molecule has 30 heteroatoms. The van der Waals surface area contributed by atoms with Crippen molar-refractivity contribution in [2.24, 2.45) is 0 Å². The van der Waals surface area contributed by atoms with Crippen molar-refractivity contribution in [1.82, 2.24) is 0 Å². The van der Waals surface area contributed by atoms with Crippen molar-refractivity contribution in [2.75, 3.05) is 0 Å². The fourth-order valence-electron chi connectivity index (χ4n) is 4.78. The first-order chi connectivity index (χ1) is 23.5. The van der Waals surface area contributed by atoms with Crippen LogP contribution in [0.1, 0.15) is 5.56 Å². The molecule has 0 bridgehead atoms. The molecule has 1 aromatic heterocycles. The SMILES string of the molecule is O=S(=O)(/C(=c1\c(F)c2[o+]c3c(F)c(C(=[S+][O-])C(F)(F)F)c(F)c3c3c(F)/c(=C(\C(F)(F)F)S(=O)(=O)C(F)(F)F)c(F)c3c2c1F)C(F)(F)F)C(F)(F)F. The molecule has 53 heavy (non-hydrogen) atoms. The molecular formula is C23F21O6S3+. The van der Waals surface area contributed by atoms with Crippen LogP contribution in [0.25, 0.3) is 42.5 Å². The predicted octanol–water partition coefficient (Wildman–Crippen LogP) is 6.80. The molecule has 4 aromatic rings. The molecular weight excluding hydrogens is 867 g/mol. The van der Waals surface area contributed by atoms with Gasteiger partial charge in [-0.1, -0.05) is 0 Å². The number of alkyl halides is 15. The fourth-order valence-corrected chi connectivity index (χ4v) is 7.11. The summed E-state index contributed by atoms with van der Waals surface area (Å²) < 4.78 is 360. The Morgan fingerprint density at radius 3 is 1.11 bits per heavy atom. The maximum atomic E-state index is 15.9. The topological polar surface area (TPSA) is 103 Å². The van der Waals surface area contributed by atoms with E-state index in [9.17, 15) is 87.2 Å². The summed E-state index contributed by atoms with van der Waals surface area (Å²) >= 11 is -1.91. The summed E-state index contributed by atoms with van der Waals surface area (Å²) in [6, 6.07) is 0. The molecule has 1 heterocycles. The van der Waals surface area contributed by atoms with Gasteiger partial charge in [0, 0.05) is 10.8 Å². The van der Waals surface area contributed by atoms with E-state index in [0.717, 1.165) is 0 Å². The first-order valence-electron chi connectivity index (χ1n) is 12.0. The standard InChI is InChI=1S/C23F21O6S3/c24-8-1-2(9(25)6(8)17(20(33,34)35)52(46,47)22(39,40)41)4-11(27)7(18(21(36,37)38)53(48,49)23(42,43)44)13(29)15(4)50-14-3(1)10(26)5(12(14)28)16(51-45)19(30,31)32/q+1/b17-6-,18-7-. The Morgan fingerprint density at radius 2 is 0.792 bits per heavy atom. The Hall–Kier alpha value is -3.93. The van der Waals surface area contributed by atoms with Gasteiger partial charge in [0.15, 0.2) is 33.1 Å². The van der Waals surface area contributed by atoms with Crippen LogP contribution in [-0.4, -0.2) is 55.8 Å². The molecule has 6 nitrogen and oxygen atoms in total. The third-order valence-corrected chi connectivity index (χ3v) is 10.5. The average Bonchev–Trinajstić information content (AvgIpc) is 3.34. The van der Waals surface area contributed by atoms with Gasteiger partial charge in [-0.2, -0.15) is 79.1 Å². The van der Waals surface area contributed by atoms with Crippen LogP contribution < -0.4 is 10.4 Å². The van der Waals surface area contributed by atoms with Gasteiger partial charge < -0.3 is 4.55 Å². The molecule has 0 fully saturated rings. The van der Waals surface area contributed by atoms with Crippen LogP contribution in [0.15, 0.2) is 4.42 Å². The van der Waals surface area contributed by atoms with Gasteiger partial charge in [-0.3, -0.25) is 0 Å². The molecule has 0 saturated heterocycles. The van der Waals surface area contributed by atoms with Crippen LogP contribution >= 0.6 is 0 Å². The highest BCUT2D eigenvalue weighted by Crippen LogP contribution is 2.46. The van der Waals surface area contributed by atoms with Crippen molar-refractivity contribution in [3.8, 4) is 0 Å². The normalized spacial score (nSPS) is 16.0. The zero-order chi connectivity index (χ0) is 41.3. The van der Waals surface area contributed by atoms with Gasteiger partial charge in [0.2, 0.25) is 11.6 Å². The number of fused-ring (bicyclic) bond motifs is 5. The molecule has 0 saturated carbocycles. The monoisotopic (exact) mass is 867 g/mol. The van der Waals surface area contributed by atoms with E-state index < -0.39 is 159 Å². The van der Waals surface area contributed by atoms with Gasteiger partial charge in [-0.05, 0) is 0 Å². The quantitative estimate of drug-likeness (QED) is 0.0739. The van der Waals surface area contributed by atoms with E-state index in [0.29, 0.717) is 0 Å². The van der Waals surface area contributed by atoms with Crippen LogP contribution in [0.3, 0.4) is 0 Å². The minimum absolute atomic E-state index is 1.91. The minimum Gasteiger partial charge on any atom is -0.545 e. The second kappa shape index (κ2) is 12.0. The summed E-state index contributed by atoms with van der Waals surface area (Å²) in [4.78, 5) is -11.9. The van der Waals surface area contributed by atoms with E-state index in [1.54, 1.807) is 0 Å². The first kappa shape index (κ1) is 41.8. The fraction of sp³-hybridized carbons (Fsp3) is 0.217. The Bertz CT molecular complexity index is 2630. The molecule has 292 valence electrons. The molecule has 0 aliphatic heterocycles. The Balaban J connectivity index is 2.72. The van der Waals surface area contributed by atoms with Crippen LogP contribution in [-0.2, 0) is 31.3 Å². The summed E-state index contributed by atoms with van der Waals surface area (Å²) in [6.45, 7) is 0. The molecule has 0 aliphatic carbocycles. The van der Waals surface area contributed by atoms with E-state index >= 15 is 26.3 Å². The maximum Gasteiger partial charge on any atom is 0.501 e. The number of rotatable bonds is 3. The Labute approximate surface area is 277 Å². The molecule has 0 N–H and O–H groups in total. The van der Waals surface area contributed by atoms with E-state index in [2.05, 4.69) is 4.42 Å². The smallest absolute Gasteiger partial charge is 0.501 e. The van der Waals surface area contributed by atoms with Crippen LogP contribution in [0.2, 0.25) is 0 Å². The van der Waals surface area contributed by atoms with E-state index in [1.165, 1.54) is 0 Å². The lowest BCUT2D eigenvalue weighted by molar-refractivity contribution is -0.0724. The highest BCUT2D eigenvalue weighted by molar-refractivity contribution is 8.01. The van der Waals surface area contributed by atoms with Crippen molar-refractivity contribution in [2.45, 2.75) is 29.5 Å². The maximum absolute atomic E-state index is 15.9. The van der Waals surface area contributed by atoms with Crippen LogP contribution in [0.5, 0.6) is 0 Å². The summed E-state index contributed by atoms with van der Waals surface area (Å²) in [5.74, 6) is -20.9. The van der Waals surface area contributed by atoms with Gasteiger partial charge in [0.25, 0.3) is 19.7 Å². The van der Waals surface area contributed by atoms with Gasteiger partial charge in [0.05, 0.1) is 10.4 Å². The van der Waals surface area contributed by atoms with E-state index in [4.69, 9.17) is 0 Å². The van der Waals surface area contributed by atoms with Crippen molar-refractivity contribution in [1.29, 1.82) is 0 Å². The molecule has 0 spiro atoms. The summed E-state index contributed by atoms with van der Waals surface area (Å²) in [6.07, 6.45) is -20.6. The molecule has 3 aromatic carbocycles. The van der Waals surface area contributed by atoms with Crippen molar-refractivity contribution >= 4 is 78.7 Å². The van der Waals surface area contributed by atoms with E-state index in [-0.39, 0.29) is 0 Å². The highest BCUT2D eigenvalue weighted by atomic mass is 32.2. The van der Waals surface area contributed by atoms with Gasteiger partial charge >= 0.3 is 45.6 Å². The molecule has 0 aliphatic rings. The molecule has 4 rings (SSSR count). The Morgan fingerprint density at radius 1 is 0.472 bits per heavy atom. The lowest BCUT2D eigenvalue weighted by Gasteiger charge is -2.14. The average molecular weight is 867 g/mol. The lowest BCUT2D eigenvalue weighted by atomic mass is 10.1. The molecule has 0 amide bonds. The van der Waals surface area contributed by atoms with Crippen molar-refractivity contribution in [3.05, 3.63) is 50.9 Å². The zero-order valence-electron chi connectivity index (χ0n) is 23.1. The molecule has 0 atom stereocenters. The number of halogens is 21. The largest absolute Gasteiger partial charge is 0.545 e. The number of hydrogen-bond donors (Lipinski definition) is 0. The van der Waals surface area contributed by atoms with Gasteiger partial charge in [0.1, 0.15) is 28.0 Å². The lowest BCUT2D eigenvalue weighted by Crippen LogP contribution is -2.36. The second-order valence-electron chi connectivity index (χ2n) is 9.73. The van der Waals surface area contributed by atoms with Crippen molar-refractivity contribution < 1.29 is 118 Å². The zero-order valence-corrected chi connectivity index (χ0v) is 25.6. The Kier molecular flexibility index (Phi) is 9.50. The minimum atomic E-state index is -8.20. The summed E-state index contributed by atoms with van der Waals surface area (Å²) in [7, 11) is -16.3. The number of sulfone groups is 2. The van der Waals surface area contributed by atoms with Gasteiger partial charge in [-0.15, -0.1) is 0 Å². The predicted molar refractivity (Wildman–Crippen MR) is 133 cm³/mol. The third-order valence-electron chi connectivity index (χ3n) is 6.69. The van der Waals surface area contributed by atoms with Gasteiger partial charge in [-0.25, -0.2) is 34.4 Å². The summed E-state index contributed by atoms with van der Waals surface area (Å²) in [5.41, 5.74) is -23.0. The highest BCUT2D eigenvalue weighted by Gasteiger charge is 2.60. The van der Waals surface area contributed by atoms with E-state index in [1.807, 2.05) is 0 Å². The summed E-state index contributed by atoms with van der Waals surface area (Å²) in [5, 5.41) is -18.9. The molecule has 0 radical (unpaired) electrons.